The van der Waals surface area contributed by atoms with Crippen LogP contribution in [0.4, 0.5) is 4.79 Å². The van der Waals surface area contributed by atoms with Gasteiger partial charge in [0.05, 0.1) is 6.10 Å². The molecule has 1 N–H and O–H groups in total. The van der Waals surface area contributed by atoms with Crippen LogP contribution in [0, 0.1) is 5.92 Å². The van der Waals surface area contributed by atoms with E-state index in [9.17, 15) is 4.79 Å². The first-order valence-electron chi connectivity index (χ1n) is 8.90. The number of urea groups is 1. The lowest BCUT2D eigenvalue weighted by Gasteiger charge is -2.29. The molecule has 2 rings (SSSR count). The lowest BCUT2D eigenvalue weighted by atomic mass is 10.1. The summed E-state index contributed by atoms with van der Waals surface area (Å²) in [6, 6.07) is 0.441. The minimum absolute atomic E-state index is 0.0901. The molecule has 2 aliphatic rings. The number of hydrogen-bond donors (Lipinski definition) is 1. The lowest BCUT2D eigenvalue weighted by Crippen LogP contribution is -2.46. The predicted molar refractivity (Wildman–Crippen MR) is 87.0 cm³/mol. The minimum atomic E-state index is 0.0901. The summed E-state index contributed by atoms with van der Waals surface area (Å²) in [5.74, 6) is 0.604. The average molecular weight is 312 g/mol. The van der Waals surface area contributed by atoms with E-state index in [1.807, 2.05) is 4.90 Å². The summed E-state index contributed by atoms with van der Waals surface area (Å²) in [6.45, 7) is 8.31. The fourth-order valence-corrected chi connectivity index (χ4v) is 3.27. The Bertz CT molecular complexity index is 332. The highest BCUT2D eigenvalue weighted by Crippen LogP contribution is 2.20. The number of ether oxygens (including phenoxy) is 2. The molecule has 0 aromatic rings. The van der Waals surface area contributed by atoms with Crippen LogP contribution in [-0.4, -0.2) is 56.0 Å². The maximum absolute atomic E-state index is 12.3. The summed E-state index contributed by atoms with van der Waals surface area (Å²) in [4.78, 5) is 14.3. The third-order valence-corrected chi connectivity index (χ3v) is 4.74. The SMILES string of the molecule is C[C@@H]1CCC[C@H](C)N(C(=O)NCCCOC2CCOCC2)C1. The summed E-state index contributed by atoms with van der Waals surface area (Å²) in [7, 11) is 0. The predicted octanol–water partition coefficient (Wildman–Crippen LogP) is 2.79. The highest BCUT2D eigenvalue weighted by Gasteiger charge is 2.24. The number of rotatable bonds is 5. The minimum Gasteiger partial charge on any atom is -0.381 e. The summed E-state index contributed by atoms with van der Waals surface area (Å²) in [5, 5.41) is 3.05. The van der Waals surface area contributed by atoms with Crippen LogP contribution >= 0.6 is 0 Å². The van der Waals surface area contributed by atoms with Crippen LogP contribution in [-0.2, 0) is 9.47 Å². The second-order valence-electron chi connectivity index (χ2n) is 6.81. The molecule has 2 fully saturated rings. The highest BCUT2D eigenvalue weighted by atomic mass is 16.5. The van der Waals surface area contributed by atoms with Crippen molar-refractivity contribution in [3.63, 3.8) is 0 Å². The molecule has 0 unspecified atom stereocenters. The van der Waals surface area contributed by atoms with E-state index in [0.29, 0.717) is 24.6 Å². The second kappa shape index (κ2) is 9.36. The molecular formula is C17H32N2O3. The van der Waals surface area contributed by atoms with Gasteiger partial charge in [-0.15, -0.1) is 0 Å². The van der Waals surface area contributed by atoms with Crippen LogP contribution in [0.25, 0.3) is 0 Å². The van der Waals surface area contributed by atoms with Crippen molar-refractivity contribution >= 4 is 6.03 Å². The van der Waals surface area contributed by atoms with E-state index >= 15 is 0 Å². The van der Waals surface area contributed by atoms with E-state index in [2.05, 4.69) is 19.2 Å². The third-order valence-electron chi connectivity index (χ3n) is 4.74. The quantitative estimate of drug-likeness (QED) is 0.794. The maximum Gasteiger partial charge on any atom is 0.317 e. The van der Waals surface area contributed by atoms with Crippen molar-refractivity contribution in [1.82, 2.24) is 10.2 Å². The molecule has 0 saturated carbocycles. The fourth-order valence-electron chi connectivity index (χ4n) is 3.27. The summed E-state index contributed by atoms with van der Waals surface area (Å²) < 4.78 is 11.1. The Morgan fingerprint density at radius 1 is 1.23 bits per heavy atom. The molecular weight excluding hydrogens is 280 g/mol. The van der Waals surface area contributed by atoms with Gasteiger partial charge in [-0.3, -0.25) is 0 Å². The number of carbonyl (C=O) groups is 1. The van der Waals surface area contributed by atoms with Gasteiger partial charge in [-0.05, 0) is 44.9 Å². The topological polar surface area (TPSA) is 50.8 Å². The average Bonchev–Trinajstić information content (AvgIpc) is 2.69. The van der Waals surface area contributed by atoms with Gasteiger partial charge in [0, 0.05) is 39.0 Å². The van der Waals surface area contributed by atoms with Crippen molar-refractivity contribution in [2.45, 2.75) is 64.5 Å². The number of hydrogen-bond acceptors (Lipinski definition) is 3. The zero-order chi connectivity index (χ0) is 15.8. The molecule has 128 valence electrons. The van der Waals surface area contributed by atoms with E-state index in [1.165, 1.54) is 12.8 Å². The standard InChI is InChI=1S/C17H32N2O3/c1-14-5-3-6-15(2)19(13-14)17(20)18-9-4-10-22-16-7-11-21-12-8-16/h14-16H,3-13H2,1-2H3,(H,18,20)/t14-,15+/m1/s1. The maximum atomic E-state index is 12.3. The Morgan fingerprint density at radius 3 is 2.77 bits per heavy atom. The number of likely N-dealkylation sites (tertiary alicyclic amines) is 1. The van der Waals surface area contributed by atoms with Crippen LogP contribution in [0.15, 0.2) is 0 Å². The van der Waals surface area contributed by atoms with Crippen molar-refractivity contribution in [2.75, 3.05) is 32.9 Å². The van der Waals surface area contributed by atoms with Gasteiger partial charge in [-0.2, -0.15) is 0 Å². The van der Waals surface area contributed by atoms with Gasteiger partial charge in [0.1, 0.15) is 0 Å². The Kier molecular flexibility index (Phi) is 7.46. The van der Waals surface area contributed by atoms with Gasteiger partial charge < -0.3 is 19.7 Å². The molecule has 2 heterocycles. The monoisotopic (exact) mass is 312 g/mol. The normalized spacial score (nSPS) is 27.5. The Morgan fingerprint density at radius 2 is 2.00 bits per heavy atom. The van der Waals surface area contributed by atoms with Gasteiger partial charge in [0.25, 0.3) is 0 Å². The summed E-state index contributed by atoms with van der Waals surface area (Å²) >= 11 is 0. The van der Waals surface area contributed by atoms with Crippen molar-refractivity contribution < 1.29 is 14.3 Å². The Balaban J connectivity index is 1.60. The van der Waals surface area contributed by atoms with Crippen LogP contribution in [0.2, 0.25) is 0 Å². The first-order valence-corrected chi connectivity index (χ1v) is 8.90. The van der Waals surface area contributed by atoms with Crippen LogP contribution in [0.5, 0.6) is 0 Å². The van der Waals surface area contributed by atoms with Crippen molar-refractivity contribution in [3.8, 4) is 0 Å². The highest BCUT2D eigenvalue weighted by molar-refractivity contribution is 5.74. The van der Waals surface area contributed by atoms with E-state index in [-0.39, 0.29) is 6.03 Å². The molecule has 5 heteroatoms. The number of carbonyl (C=O) groups excluding carboxylic acids is 1. The van der Waals surface area contributed by atoms with Crippen LogP contribution < -0.4 is 5.32 Å². The zero-order valence-corrected chi connectivity index (χ0v) is 14.2. The van der Waals surface area contributed by atoms with Crippen LogP contribution in [0.3, 0.4) is 0 Å². The van der Waals surface area contributed by atoms with Crippen molar-refractivity contribution in [3.05, 3.63) is 0 Å². The van der Waals surface area contributed by atoms with E-state index in [0.717, 1.165) is 52.0 Å². The largest absolute Gasteiger partial charge is 0.381 e. The van der Waals surface area contributed by atoms with Gasteiger partial charge in [0.2, 0.25) is 0 Å². The zero-order valence-electron chi connectivity index (χ0n) is 14.2. The summed E-state index contributed by atoms with van der Waals surface area (Å²) in [5.41, 5.74) is 0. The lowest BCUT2D eigenvalue weighted by molar-refractivity contribution is -0.0321. The van der Waals surface area contributed by atoms with Gasteiger partial charge >= 0.3 is 6.03 Å². The third kappa shape index (κ3) is 5.76. The second-order valence-corrected chi connectivity index (χ2v) is 6.81. The molecule has 0 aliphatic carbocycles. The van der Waals surface area contributed by atoms with Crippen molar-refractivity contribution in [1.29, 1.82) is 0 Å². The van der Waals surface area contributed by atoms with Gasteiger partial charge in [-0.25, -0.2) is 4.79 Å². The van der Waals surface area contributed by atoms with Gasteiger partial charge in [0.15, 0.2) is 0 Å². The smallest absolute Gasteiger partial charge is 0.317 e. The molecule has 22 heavy (non-hydrogen) atoms. The first-order chi connectivity index (χ1) is 10.7. The number of nitrogens with one attached hydrogen (secondary N) is 1. The molecule has 5 nitrogen and oxygen atoms in total. The van der Waals surface area contributed by atoms with Crippen LogP contribution in [0.1, 0.15) is 52.4 Å². The molecule has 0 spiro atoms. The van der Waals surface area contributed by atoms with E-state index in [1.54, 1.807) is 0 Å². The first kappa shape index (κ1) is 17.5. The molecule has 2 amide bonds. The summed E-state index contributed by atoms with van der Waals surface area (Å²) in [6.07, 6.45) is 6.78. The fraction of sp³-hybridized carbons (Fsp3) is 0.941. The molecule has 0 aromatic heterocycles. The van der Waals surface area contributed by atoms with Gasteiger partial charge in [-0.1, -0.05) is 13.3 Å². The molecule has 0 bridgehead atoms. The molecule has 0 aromatic carbocycles. The molecule has 2 atom stereocenters. The molecule has 0 radical (unpaired) electrons. The van der Waals surface area contributed by atoms with E-state index < -0.39 is 0 Å². The Hall–Kier alpha value is -0.810. The molecule has 2 aliphatic heterocycles. The van der Waals surface area contributed by atoms with E-state index in [4.69, 9.17) is 9.47 Å². The Labute approximate surface area is 134 Å². The molecule has 2 saturated heterocycles. The number of amides is 2. The number of nitrogens with zero attached hydrogens (tertiary/aromatic N) is 1. The van der Waals surface area contributed by atoms with Crippen molar-refractivity contribution in [2.24, 2.45) is 5.92 Å².